The molecular formula is C21H19FN4O3S2. The van der Waals surface area contributed by atoms with Gasteiger partial charge in [0.15, 0.2) is 4.34 Å². The van der Waals surface area contributed by atoms with Gasteiger partial charge in [0.25, 0.3) is 0 Å². The highest BCUT2D eigenvalue weighted by Gasteiger charge is 2.11. The average Bonchev–Trinajstić information content (AvgIpc) is 3.14. The Kier molecular flexibility index (Phi) is 7.74. The number of nitrogens with one attached hydrogen (secondary N) is 3. The van der Waals surface area contributed by atoms with Gasteiger partial charge < -0.3 is 16.0 Å². The molecule has 31 heavy (non-hydrogen) atoms. The van der Waals surface area contributed by atoms with E-state index in [2.05, 4.69) is 20.9 Å². The number of rotatable bonds is 8. The number of amides is 3. The Morgan fingerprint density at radius 2 is 1.65 bits per heavy atom. The van der Waals surface area contributed by atoms with Gasteiger partial charge in [-0.25, -0.2) is 9.37 Å². The molecule has 0 spiro atoms. The van der Waals surface area contributed by atoms with Crippen LogP contribution < -0.4 is 16.0 Å². The Morgan fingerprint density at radius 1 is 0.968 bits per heavy atom. The van der Waals surface area contributed by atoms with Crippen molar-refractivity contribution in [3.8, 4) is 0 Å². The summed E-state index contributed by atoms with van der Waals surface area (Å²) in [5.41, 5.74) is 2.23. The van der Waals surface area contributed by atoms with Crippen molar-refractivity contribution in [3.05, 3.63) is 65.4 Å². The summed E-state index contributed by atoms with van der Waals surface area (Å²) in [7, 11) is 0. The highest BCUT2D eigenvalue weighted by atomic mass is 32.2. The predicted octanol–water partition coefficient (Wildman–Crippen LogP) is 4.15. The van der Waals surface area contributed by atoms with E-state index in [0.29, 0.717) is 27.1 Å². The Morgan fingerprint density at radius 3 is 2.32 bits per heavy atom. The predicted molar refractivity (Wildman–Crippen MR) is 121 cm³/mol. The third-order valence-electron chi connectivity index (χ3n) is 3.80. The molecule has 0 bridgehead atoms. The van der Waals surface area contributed by atoms with Gasteiger partial charge in [0, 0.05) is 29.4 Å². The minimum Gasteiger partial charge on any atom is -0.326 e. The maximum absolute atomic E-state index is 13.2. The van der Waals surface area contributed by atoms with E-state index in [0.717, 1.165) is 0 Å². The van der Waals surface area contributed by atoms with Crippen molar-refractivity contribution >= 4 is 57.9 Å². The Labute approximate surface area is 186 Å². The Bertz CT molecular complexity index is 1090. The van der Waals surface area contributed by atoms with Gasteiger partial charge in [-0.05, 0) is 42.5 Å². The molecule has 0 fully saturated rings. The largest absolute Gasteiger partial charge is 0.326 e. The summed E-state index contributed by atoms with van der Waals surface area (Å²) < 4.78 is 13.9. The minimum atomic E-state index is -0.424. The van der Waals surface area contributed by atoms with Crippen molar-refractivity contribution in [2.45, 2.75) is 17.7 Å². The molecule has 0 atom stereocenters. The molecule has 1 aromatic heterocycles. The maximum Gasteiger partial charge on any atom is 0.234 e. The SMILES string of the molecule is CC(=O)Nc1ccc(NC(=O)CSc2nc(CC(=O)Nc3cccc(F)c3)cs2)cc1. The highest BCUT2D eigenvalue weighted by molar-refractivity contribution is 8.01. The van der Waals surface area contributed by atoms with Crippen LogP contribution in [0.5, 0.6) is 0 Å². The molecule has 10 heteroatoms. The van der Waals surface area contributed by atoms with Crippen LogP contribution in [0.15, 0.2) is 58.3 Å². The Hall–Kier alpha value is -3.24. The quantitative estimate of drug-likeness (QED) is 0.440. The fourth-order valence-electron chi connectivity index (χ4n) is 2.54. The number of thioether (sulfide) groups is 1. The summed E-state index contributed by atoms with van der Waals surface area (Å²) >= 11 is 2.62. The van der Waals surface area contributed by atoms with Gasteiger partial charge in [-0.3, -0.25) is 14.4 Å². The van der Waals surface area contributed by atoms with Gasteiger partial charge in [0.2, 0.25) is 17.7 Å². The van der Waals surface area contributed by atoms with E-state index in [1.54, 1.807) is 35.7 Å². The van der Waals surface area contributed by atoms with Crippen LogP contribution in [0.3, 0.4) is 0 Å². The lowest BCUT2D eigenvalue weighted by atomic mass is 10.3. The third-order valence-corrected chi connectivity index (χ3v) is 5.87. The van der Waals surface area contributed by atoms with Crippen molar-refractivity contribution in [3.63, 3.8) is 0 Å². The number of thiazole rings is 1. The van der Waals surface area contributed by atoms with E-state index < -0.39 is 5.82 Å². The zero-order chi connectivity index (χ0) is 22.2. The van der Waals surface area contributed by atoms with Crippen LogP contribution in [0.4, 0.5) is 21.5 Å². The number of anilines is 3. The second-order valence-corrected chi connectivity index (χ2v) is 8.52. The molecule has 3 rings (SSSR count). The standard InChI is InChI=1S/C21H19FN4O3S2/c1-13(27)23-15-5-7-16(8-6-15)24-20(29)12-31-21-26-18(11-30-21)10-19(28)25-17-4-2-3-14(22)9-17/h2-9,11H,10,12H2,1H3,(H,23,27)(H,24,29)(H,25,28). The van der Waals surface area contributed by atoms with Gasteiger partial charge in [-0.15, -0.1) is 11.3 Å². The van der Waals surface area contributed by atoms with Crippen molar-refractivity contribution in [1.29, 1.82) is 0 Å². The molecule has 3 amide bonds. The van der Waals surface area contributed by atoms with Crippen LogP contribution >= 0.6 is 23.1 Å². The van der Waals surface area contributed by atoms with Crippen LogP contribution in [0, 0.1) is 5.82 Å². The molecule has 0 aliphatic carbocycles. The third kappa shape index (κ3) is 7.50. The fourth-order valence-corrected chi connectivity index (χ4v) is 4.18. The van der Waals surface area contributed by atoms with E-state index in [-0.39, 0.29) is 29.9 Å². The molecule has 1 heterocycles. The number of halogens is 1. The fraction of sp³-hybridized carbons (Fsp3) is 0.143. The number of hydrogen-bond donors (Lipinski definition) is 3. The second kappa shape index (κ2) is 10.7. The zero-order valence-corrected chi connectivity index (χ0v) is 18.1. The van der Waals surface area contributed by atoms with Crippen LogP contribution in [0.2, 0.25) is 0 Å². The molecule has 160 valence electrons. The number of aromatic nitrogens is 1. The first kappa shape index (κ1) is 22.4. The normalized spacial score (nSPS) is 10.4. The molecule has 0 radical (unpaired) electrons. The molecule has 0 saturated carbocycles. The monoisotopic (exact) mass is 458 g/mol. The molecule has 3 N–H and O–H groups in total. The number of carbonyl (C=O) groups excluding carboxylic acids is 3. The van der Waals surface area contributed by atoms with E-state index >= 15 is 0 Å². The second-order valence-electron chi connectivity index (χ2n) is 6.44. The number of benzene rings is 2. The first-order chi connectivity index (χ1) is 14.9. The van der Waals surface area contributed by atoms with Gasteiger partial charge >= 0.3 is 0 Å². The van der Waals surface area contributed by atoms with Crippen molar-refractivity contribution in [1.82, 2.24) is 4.98 Å². The maximum atomic E-state index is 13.2. The highest BCUT2D eigenvalue weighted by Crippen LogP contribution is 2.23. The number of carbonyl (C=O) groups is 3. The molecule has 0 saturated heterocycles. The smallest absolute Gasteiger partial charge is 0.234 e. The van der Waals surface area contributed by atoms with Gasteiger partial charge in [-0.2, -0.15) is 0 Å². The van der Waals surface area contributed by atoms with Crippen LogP contribution in [-0.4, -0.2) is 28.5 Å². The lowest BCUT2D eigenvalue weighted by Crippen LogP contribution is -2.15. The lowest BCUT2D eigenvalue weighted by molar-refractivity contribution is -0.116. The zero-order valence-electron chi connectivity index (χ0n) is 16.5. The summed E-state index contributed by atoms with van der Waals surface area (Å²) in [5, 5.41) is 9.81. The van der Waals surface area contributed by atoms with E-state index in [1.165, 1.54) is 48.2 Å². The van der Waals surface area contributed by atoms with E-state index in [4.69, 9.17) is 0 Å². The Balaban J connectivity index is 1.44. The lowest BCUT2D eigenvalue weighted by Gasteiger charge is -2.06. The topological polar surface area (TPSA) is 100 Å². The average molecular weight is 459 g/mol. The molecular weight excluding hydrogens is 439 g/mol. The summed E-state index contributed by atoms with van der Waals surface area (Å²) in [6, 6.07) is 12.5. The number of hydrogen-bond acceptors (Lipinski definition) is 6. The van der Waals surface area contributed by atoms with Crippen LogP contribution in [0.1, 0.15) is 12.6 Å². The molecule has 0 aliphatic rings. The van der Waals surface area contributed by atoms with Crippen molar-refractivity contribution in [2.75, 3.05) is 21.7 Å². The van der Waals surface area contributed by atoms with Crippen LogP contribution in [-0.2, 0) is 20.8 Å². The van der Waals surface area contributed by atoms with Gasteiger partial charge in [0.1, 0.15) is 5.82 Å². The van der Waals surface area contributed by atoms with Crippen LogP contribution in [0.25, 0.3) is 0 Å². The molecule has 3 aromatic rings. The summed E-state index contributed by atoms with van der Waals surface area (Å²) in [5.74, 6) is -0.920. The first-order valence-corrected chi connectivity index (χ1v) is 11.0. The minimum absolute atomic E-state index is 0.0560. The summed E-state index contributed by atoms with van der Waals surface area (Å²) in [6.07, 6.45) is 0.0560. The van der Waals surface area contributed by atoms with Crippen molar-refractivity contribution in [2.24, 2.45) is 0 Å². The molecule has 0 aliphatic heterocycles. The molecule has 0 unspecified atom stereocenters. The van der Waals surface area contributed by atoms with Gasteiger partial charge in [0.05, 0.1) is 17.9 Å². The van der Waals surface area contributed by atoms with E-state index in [1.807, 2.05) is 0 Å². The number of nitrogens with zero attached hydrogens (tertiary/aromatic N) is 1. The summed E-state index contributed by atoms with van der Waals surface area (Å²) in [4.78, 5) is 39.6. The van der Waals surface area contributed by atoms with E-state index in [9.17, 15) is 18.8 Å². The van der Waals surface area contributed by atoms with Crippen molar-refractivity contribution < 1.29 is 18.8 Å². The summed E-state index contributed by atoms with van der Waals surface area (Å²) in [6.45, 7) is 1.42. The first-order valence-electron chi connectivity index (χ1n) is 9.17. The molecule has 2 aromatic carbocycles. The molecule has 7 nitrogen and oxygen atoms in total. The van der Waals surface area contributed by atoms with Gasteiger partial charge in [-0.1, -0.05) is 17.8 Å².